The van der Waals surface area contributed by atoms with Crippen LogP contribution in [0.1, 0.15) is 25.3 Å². The fourth-order valence-corrected chi connectivity index (χ4v) is 2.29. The van der Waals surface area contributed by atoms with Crippen molar-refractivity contribution in [1.29, 1.82) is 0 Å². The summed E-state index contributed by atoms with van der Waals surface area (Å²) in [7, 11) is 0. The Kier molecular flexibility index (Phi) is 4.90. The molecule has 1 aliphatic carbocycles. The zero-order chi connectivity index (χ0) is 16.2. The Morgan fingerprint density at radius 1 is 1.36 bits per heavy atom. The third-order valence-electron chi connectivity index (χ3n) is 3.59. The molecule has 0 fully saturated rings. The van der Waals surface area contributed by atoms with E-state index in [-0.39, 0.29) is 6.10 Å². The summed E-state index contributed by atoms with van der Waals surface area (Å²) in [5, 5.41) is 2.02. The molecule has 1 N–H and O–H groups in total. The summed E-state index contributed by atoms with van der Waals surface area (Å²) in [5.41, 5.74) is 0.0498. The van der Waals surface area contributed by atoms with Crippen molar-refractivity contribution in [3.05, 3.63) is 48.0 Å². The van der Waals surface area contributed by atoms with Crippen LogP contribution in [-0.4, -0.2) is 23.7 Å². The SMILES string of the molecule is CC1(NC(=O)C(F)(F)F)C=CC(OCc2ccccc2)CC1. The molecule has 0 radical (unpaired) electrons. The van der Waals surface area contributed by atoms with E-state index in [4.69, 9.17) is 4.74 Å². The van der Waals surface area contributed by atoms with Gasteiger partial charge in [0, 0.05) is 0 Å². The first kappa shape index (κ1) is 16.5. The number of rotatable bonds is 4. The second-order valence-corrected chi connectivity index (χ2v) is 5.60. The molecular formula is C16H18F3NO2. The van der Waals surface area contributed by atoms with Gasteiger partial charge in [-0.2, -0.15) is 13.2 Å². The minimum absolute atomic E-state index is 0.156. The lowest BCUT2D eigenvalue weighted by atomic mass is 9.88. The minimum atomic E-state index is -4.86. The summed E-state index contributed by atoms with van der Waals surface area (Å²) in [6.07, 6.45) is -0.782. The highest BCUT2D eigenvalue weighted by Gasteiger charge is 2.42. The Labute approximate surface area is 127 Å². The van der Waals surface area contributed by atoms with Crippen molar-refractivity contribution in [1.82, 2.24) is 5.32 Å². The van der Waals surface area contributed by atoms with Crippen molar-refractivity contribution in [2.24, 2.45) is 0 Å². The molecule has 0 heterocycles. The molecule has 0 saturated carbocycles. The van der Waals surface area contributed by atoms with Crippen LogP contribution in [-0.2, 0) is 16.1 Å². The summed E-state index contributed by atoms with van der Waals surface area (Å²) < 4.78 is 42.6. The van der Waals surface area contributed by atoms with Crippen LogP contribution in [0.3, 0.4) is 0 Å². The molecule has 2 unspecified atom stereocenters. The van der Waals surface area contributed by atoms with E-state index in [2.05, 4.69) is 0 Å². The van der Waals surface area contributed by atoms with E-state index in [1.165, 1.54) is 0 Å². The number of hydrogen-bond donors (Lipinski definition) is 1. The molecule has 0 aliphatic heterocycles. The van der Waals surface area contributed by atoms with Crippen LogP contribution in [0.2, 0.25) is 0 Å². The molecule has 0 bridgehead atoms. The fraction of sp³-hybridized carbons (Fsp3) is 0.438. The van der Waals surface area contributed by atoms with Crippen LogP contribution in [0, 0.1) is 0 Å². The largest absolute Gasteiger partial charge is 0.471 e. The molecule has 1 aliphatic rings. The Hall–Kier alpha value is -1.82. The highest BCUT2D eigenvalue weighted by Crippen LogP contribution is 2.26. The maximum absolute atomic E-state index is 12.3. The van der Waals surface area contributed by atoms with Crippen LogP contribution in [0.15, 0.2) is 42.5 Å². The van der Waals surface area contributed by atoms with E-state index in [1.807, 2.05) is 35.6 Å². The zero-order valence-corrected chi connectivity index (χ0v) is 12.2. The van der Waals surface area contributed by atoms with Crippen molar-refractivity contribution in [2.75, 3.05) is 0 Å². The number of carbonyl (C=O) groups is 1. The van der Waals surface area contributed by atoms with Crippen LogP contribution < -0.4 is 5.32 Å². The maximum atomic E-state index is 12.3. The Morgan fingerprint density at radius 2 is 2.05 bits per heavy atom. The molecule has 6 heteroatoms. The average molecular weight is 313 g/mol. The standard InChI is InChI=1S/C16H18F3NO2/c1-15(20-14(21)16(17,18)19)9-7-13(8-10-15)22-11-12-5-3-2-4-6-12/h2-7,9,13H,8,10-11H2,1H3,(H,20,21). The Bertz CT molecular complexity index is 542. The zero-order valence-electron chi connectivity index (χ0n) is 12.2. The lowest BCUT2D eigenvalue weighted by Gasteiger charge is -2.33. The second-order valence-electron chi connectivity index (χ2n) is 5.60. The molecule has 3 nitrogen and oxygen atoms in total. The van der Waals surface area contributed by atoms with Gasteiger partial charge in [-0.05, 0) is 25.3 Å². The van der Waals surface area contributed by atoms with Crippen LogP contribution >= 0.6 is 0 Å². The number of ether oxygens (including phenoxy) is 1. The quantitative estimate of drug-likeness (QED) is 0.866. The van der Waals surface area contributed by atoms with Gasteiger partial charge >= 0.3 is 12.1 Å². The number of halogens is 3. The van der Waals surface area contributed by atoms with E-state index < -0.39 is 17.6 Å². The summed E-state index contributed by atoms with van der Waals surface area (Å²) in [5.74, 6) is -1.91. The molecular weight excluding hydrogens is 295 g/mol. The molecule has 2 rings (SSSR count). The van der Waals surface area contributed by atoms with Gasteiger partial charge in [0.25, 0.3) is 0 Å². The summed E-state index contributed by atoms with van der Waals surface area (Å²) in [6, 6.07) is 9.64. The Balaban J connectivity index is 1.87. The molecule has 1 amide bonds. The van der Waals surface area contributed by atoms with Crippen LogP contribution in [0.25, 0.3) is 0 Å². The average Bonchev–Trinajstić information content (AvgIpc) is 2.46. The first-order valence-electron chi connectivity index (χ1n) is 7.03. The van der Waals surface area contributed by atoms with E-state index in [0.29, 0.717) is 19.4 Å². The van der Waals surface area contributed by atoms with Crippen molar-refractivity contribution in [3.63, 3.8) is 0 Å². The van der Waals surface area contributed by atoms with Crippen LogP contribution in [0.4, 0.5) is 13.2 Å². The van der Waals surface area contributed by atoms with Gasteiger partial charge in [-0.25, -0.2) is 0 Å². The monoisotopic (exact) mass is 313 g/mol. The maximum Gasteiger partial charge on any atom is 0.471 e. The van der Waals surface area contributed by atoms with E-state index >= 15 is 0 Å². The first-order chi connectivity index (χ1) is 10.3. The number of hydrogen-bond acceptors (Lipinski definition) is 2. The highest BCUT2D eigenvalue weighted by molar-refractivity contribution is 5.82. The van der Waals surface area contributed by atoms with Gasteiger partial charge in [0.05, 0.1) is 18.2 Å². The van der Waals surface area contributed by atoms with Crippen molar-refractivity contribution >= 4 is 5.91 Å². The van der Waals surface area contributed by atoms with Gasteiger partial charge in [-0.15, -0.1) is 0 Å². The van der Waals surface area contributed by atoms with Gasteiger partial charge in [-0.3, -0.25) is 4.79 Å². The fourth-order valence-electron chi connectivity index (χ4n) is 2.29. The third kappa shape index (κ3) is 4.59. The normalized spacial score (nSPS) is 25.0. The van der Waals surface area contributed by atoms with Gasteiger partial charge in [-0.1, -0.05) is 42.5 Å². The molecule has 1 aromatic rings. The second kappa shape index (κ2) is 6.52. The predicted octanol–water partition coefficient (Wildman–Crippen LogP) is 3.36. The predicted molar refractivity (Wildman–Crippen MR) is 76.0 cm³/mol. The number of alkyl halides is 3. The molecule has 2 atom stereocenters. The highest BCUT2D eigenvalue weighted by atomic mass is 19.4. The molecule has 0 spiro atoms. The molecule has 1 aromatic carbocycles. The lowest BCUT2D eigenvalue weighted by Crippen LogP contribution is -2.51. The minimum Gasteiger partial charge on any atom is -0.369 e. The summed E-state index contributed by atoms with van der Waals surface area (Å²) in [6.45, 7) is 2.02. The van der Waals surface area contributed by atoms with Crippen molar-refractivity contribution < 1.29 is 22.7 Å². The number of benzene rings is 1. The number of amides is 1. The Morgan fingerprint density at radius 3 is 2.59 bits per heavy atom. The topological polar surface area (TPSA) is 38.3 Å². The van der Waals surface area contributed by atoms with Crippen LogP contribution in [0.5, 0.6) is 0 Å². The molecule has 22 heavy (non-hydrogen) atoms. The third-order valence-corrected chi connectivity index (χ3v) is 3.59. The van der Waals surface area contributed by atoms with Gasteiger partial charge in [0.15, 0.2) is 0 Å². The van der Waals surface area contributed by atoms with Gasteiger partial charge in [0.2, 0.25) is 0 Å². The molecule has 120 valence electrons. The number of nitrogens with one attached hydrogen (secondary N) is 1. The molecule has 0 saturated heterocycles. The van der Waals surface area contributed by atoms with E-state index in [9.17, 15) is 18.0 Å². The smallest absolute Gasteiger partial charge is 0.369 e. The lowest BCUT2D eigenvalue weighted by molar-refractivity contribution is -0.175. The van der Waals surface area contributed by atoms with Crippen molar-refractivity contribution in [3.8, 4) is 0 Å². The van der Waals surface area contributed by atoms with Gasteiger partial charge in [0.1, 0.15) is 0 Å². The van der Waals surface area contributed by atoms with Gasteiger partial charge < -0.3 is 10.1 Å². The summed E-state index contributed by atoms with van der Waals surface area (Å²) in [4.78, 5) is 11.0. The molecule has 0 aromatic heterocycles. The number of carbonyl (C=O) groups excluding carboxylic acids is 1. The summed E-state index contributed by atoms with van der Waals surface area (Å²) >= 11 is 0. The first-order valence-corrected chi connectivity index (χ1v) is 7.03. The van der Waals surface area contributed by atoms with E-state index in [0.717, 1.165) is 5.56 Å². The van der Waals surface area contributed by atoms with Crippen molar-refractivity contribution in [2.45, 2.75) is 44.2 Å². The van der Waals surface area contributed by atoms with E-state index in [1.54, 1.807) is 19.1 Å².